The van der Waals surface area contributed by atoms with Gasteiger partial charge in [-0.05, 0) is 32.4 Å². The highest BCUT2D eigenvalue weighted by Gasteiger charge is 2.07. The molecule has 88 valence electrons. The van der Waals surface area contributed by atoms with Crippen LogP contribution in [0.3, 0.4) is 0 Å². The summed E-state index contributed by atoms with van der Waals surface area (Å²) in [6, 6.07) is 6.14. The lowest BCUT2D eigenvalue weighted by atomic mass is 10.1. The molecule has 0 fully saturated rings. The van der Waals surface area contributed by atoms with Gasteiger partial charge in [-0.1, -0.05) is 17.7 Å². The Labute approximate surface area is 98.1 Å². The summed E-state index contributed by atoms with van der Waals surface area (Å²) in [6.07, 6.45) is 0.881. The zero-order valence-corrected chi connectivity index (χ0v) is 10.4. The summed E-state index contributed by atoms with van der Waals surface area (Å²) in [5, 5.41) is 0. The quantitative estimate of drug-likeness (QED) is 0.771. The molecule has 2 nitrogen and oxygen atoms in total. The standard InChI is InChI=1S/C14H21NO/c1-10(2)7-8-16-14-9-11(3)5-6-13(14)12(4)15/h5-6,9,12H,1,7-8,15H2,2-4H3/t12-/m1/s1. The van der Waals surface area contributed by atoms with Gasteiger partial charge in [-0.15, -0.1) is 6.58 Å². The van der Waals surface area contributed by atoms with Gasteiger partial charge in [0.15, 0.2) is 0 Å². The molecule has 16 heavy (non-hydrogen) atoms. The highest BCUT2D eigenvalue weighted by Crippen LogP contribution is 2.25. The van der Waals surface area contributed by atoms with Gasteiger partial charge in [0.05, 0.1) is 6.61 Å². The molecule has 0 aliphatic heterocycles. The first-order chi connectivity index (χ1) is 7.50. The molecule has 0 aliphatic carbocycles. The van der Waals surface area contributed by atoms with Gasteiger partial charge in [0.25, 0.3) is 0 Å². The molecule has 0 aromatic heterocycles. The Kier molecular flexibility index (Phi) is 4.56. The van der Waals surface area contributed by atoms with Crippen LogP contribution in [0.4, 0.5) is 0 Å². The van der Waals surface area contributed by atoms with E-state index >= 15 is 0 Å². The Balaban J connectivity index is 2.76. The second kappa shape index (κ2) is 5.71. The van der Waals surface area contributed by atoms with Gasteiger partial charge in [-0.25, -0.2) is 0 Å². The number of nitrogens with two attached hydrogens (primary N) is 1. The highest BCUT2D eigenvalue weighted by atomic mass is 16.5. The van der Waals surface area contributed by atoms with Gasteiger partial charge in [-0.2, -0.15) is 0 Å². The maximum absolute atomic E-state index is 5.90. The molecule has 0 spiro atoms. The molecular formula is C14H21NO. The average Bonchev–Trinajstić information content (AvgIpc) is 2.16. The summed E-state index contributed by atoms with van der Waals surface area (Å²) in [5.74, 6) is 0.899. The summed E-state index contributed by atoms with van der Waals surface area (Å²) in [4.78, 5) is 0. The Morgan fingerprint density at radius 3 is 2.75 bits per heavy atom. The summed E-state index contributed by atoms with van der Waals surface area (Å²) >= 11 is 0. The fourth-order valence-corrected chi connectivity index (χ4v) is 1.48. The van der Waals surface area contributed by atoms with Crippen LogP contribution in [0.2, 0.25) is 0 Å². The van der Waals surface area contributed by atoms with Crippen molar-refractivity contribution in [3.05, 3.63) is 41.5 Å². The zero-order valence-electron chi connectivity index (χ0n) is 10.4. The van der Waals surface area contributed by atoms with Crippen LogP contribution in [0, 0.1) is 6.92 Å². The first kappa shape index (κ1) is 12.8. The van der Waals surface area contributed by atoms with E-state index in [2.05, 4.69) is 19.6 Å². The van der Waals surface area contributed by atoms with E-state index in [0.29, 0.717) is 6.61 Å². The minimum atomic E-state index is 0.000396. The average molecular weight is 219 g/mol. The number of rotatable bonds is 5. The largest absolute Gasteiger partial charge is 0.493 e. The third-order valence-corrected chi connectivity index (χ3v) is 2.45. The monoisotopic (exact) mass is 219 g/mol. The summed E-state index contributed by atoms with van der Waals surface area (Å²) in [5.41, 5.74) is 9.28. The lowest BCUT2D eigenvalue weighted by molar-refractivity contribution is 0.316. The number of benzene rings is 1. The minimum absolute atomic E-state index is 0.000396. The fourth-order valence-electron chi connectivity index (χ4n) is 1.48. The van der Waals surface area contributed by atoms with Gasteiger partial charge in [0.1, 0.15) is 5.75 Å². The van der Waals surface area contributed by atoms with Crippen molar-refractivity contribution >= 4 is 0 Å². The SMILES string of the molecule is C=C(C)CCOc1cc(C)ccc1[C@@H](C)N. The first-order valence-electron chi connectivity index (χ1n) is 5.64. The van der Waals surface area contributed by atoms with Crippen LogP contribution < -0.4 is 10.5 Å². The molecule has 2 heteroatoms. The van der Waals surface area contributed by atoms with Crippen molar-refractivity contribution in [1.29, 1.82) is 0 Å². The number of hydrogen-bond acceptors (Lipinski definition) is 2. The molecule has 0 heterocycles. The molecular weight excluding hydrogens is 198 g/mol. The second-order valence-corrected chi connectivity index (χ2v) is 4.39. The van der Waals surface area contributed by atoms with Crippen molar-refractivity contribution in [3.8, 4) is 5.75 Å². The predicted molar refractivity (Wildman–Crippen MR) is 68.7 cm³/mol. The van der Waals surface area contributed by atoms with E-state index in [1.165, 1.54) is 5.56 Å². The van der Waals surface area contributed by atoms with Gasteiger partial charge in [0.2, 0.25) is 0 Å². The van der Waals surface area contributed by atoms with Gasteiger partial charge < -0.3 is 10.5 Å². The molecule has 0 aliphatic rings. The van der Waals surface area contributed by atoms with Crippen LogP contribution in [-0.4, -0.2) is 6.61 Å². The summed E-state index contributed by atoms with van der Waals surface area (Å²) in [7, 11) is 0. The molecule has 1 aromatic carbocycles. The van der Waals surface area contributed by atoms with Crippen LogP contribution in [-0.2, 0) is 0 Å². The molecule has 0 saturated heterocycles. The summed E-state index contributed by atoms with van der Waals surface area (Å²) < 4.78 is 5.75. The van der Waals surface area contributed by atoms with Gasteiger partial charge in [-0.3, -0.25) is 0 Å². The lowest BCUT2D eigenvalue weighted by Crippen LogP contribution is -2.09. The summed E-state index contributed by atoms with van der Waals surface area (Å²) in [6.45, 7) is 10.5. The van der Waals surface area contributed by atoms with Crippen molar-refractivity contribution in [3.63, 3.8) is 0 Å². The molecule has 1 rings (SSSR count). The van der Waals surface area contributed by atoms with Crippen molar-refractivity contribution in [2.75, 3.05) is 6.61 Å². The smallest absolute Gasteiger partial charge is 0.124 e. The van der Waals surface area contributed by atoms with E-state index in [1.54, 1.807) is 0 Å². The highest BCUT2D eigenvalue weighted by molar-refractivity contribution is 5.38. The minimum Gasteiger partial charge on any atom is -0.493 e. The second-order valence-electron chi connectivity index (χ2n) is 4.39. The van der Waals surface area contributed by atoms with Crippen molar-refractivity contribution in [2.24, 2.45) is 5.73 Å². The third-order valence-electron chi connectivity index (χ3n) is 2.45. The van der Waals surface area contributed by atoms with Crippen LogP contribution in [0.15, 0.2) is 30.4 Å². The molecule has 0 saturated carbocycles. The van der Waals surface area contributed by atoms with E-state index in [1.807, 2.05) is 26.0 Å². The van der Waals surface area contributed by atoms with Gasteiger partial charge >= 0.3 is 0 Å². The molecule has 1 aromatic rings. The van der Waals surface area contributed by atoms with E-state index in [9.17, 15) is 0 Å². The Morgan fingerprint density at radius 2 is 2.19 bits per heavy atom. The Morgan fingerprint density at radius 1 is 1.50 bits per heavy atom. The predicted octanol–water partition coefficient (Wildman–Crippen LogP) is 3.36. The fraction of sp³-hybridized carbons (Fsp3) is 0.429. The van der Waals surface area contributed by atoms with Gasteiger partial charge in [0, 0.05) is 18.0 Å². The van der Waals surface area contributed by atoms with Crippen LogP contribution in [0.5, 0.6) is 5.75 Å². The van der Waals surface area contributed by atoms with E-state index in [0.717, 1.165) is 23.3 Å². The number of hydrogen-bond donors (Lipinski definition) is 1. The Hall–Kier alpha value is -1.28. The van der Waals surface area contributed by atoms with Crippen molar-refractivity contribution in [2.45, 2.75) is 33.2 Å². The van der Waals surface area contributed by atoms with Crippen molar-refractivity contribution < 1.29 is 4.74 Å². The first-order valence-corrected chi connectivity index (χ1v) is 5.64. The molecule has 2 N–H and O–H groups in total. The molecule has 0 unspecified atom stereocenters. The van der Waals surface area contributed by atoms with E-state index in [-0.39, 0.29) is 6.04 Å². The molecule has 0 radical (unpaired) electrons. The molecule has 1 atom stereocenters. The number of ether oxygens (including phenoxy) is 1. The Bertz CT molecular complexity index is 369. The zero-order chi connectivity index (χ0) is 12.1. The molecule has 0 bridgehead atoms. The lowest BCUT2D eigenvalue weighted by Gasteiger charge is -2.14. The van der Waals surface area contributed by atoms with Crippen LogP contribution >= 0.6 is 0 Å². The van der Waals surface area contributed by atoms with Crippen molar-refractivity contribution in [1.82, 2.24) is 0 Å². The third kappa shape index (κ3) is 3.70. The van der Waals surface area contributed by atoms with E-state index in [4.69, 9.17) is 10.5 Å². The topological polar surface area (TPSA) is 35.2 Å². The van der Waals surface area contributed by atoms with Crippen LogP contribution in [0.25, 0.3) is 0 Å². The maximum Gasteiger partial charge on any atom is 0.124 e. The van der Waals surface area contributed by atoms with E-state index < -0.39 is 0 Å². The number of aryl methyl sites for hydroxylation is 1. The normalized spacial score (nSPS) is 12.2. The van der Waals surface area contributed by atoms with Crippen LogP contribution in [0.1, 0.15) is 37.4 Å². The molecule has 0 amide bonds. The maximum atomic E-state index is 5.90.